The lowest BCUT2D eigenvalue weighted by Crippen LogP contribution is -2.45. The largest absolute Gasteiger partial charge is 0.323 e. The lowest BCUT2D eigenvalue weighted by molar-refractivity contribution is -0.372. The van der Waals surface area contributed by atoms with Crippen LogP contribution in [0.4, 0.5) is 0 Å². The molecular formula is C6H13NO2. The van der Waals surface area contributed by atoms with Crippen LogP contribution >= 0.6 is 0 Å². The van der Waals surface area contributed by atoms with Crippen molar-refractivity contribution >= 4 is 0 Å². The first-order chi connectivity index (χ1) is 4.33. The minimum absolute atomic E-state index is 0.0000463. The van der Waals surface area contributed by atoms with E-state index in [-0.39, 0.29) is 12.6 Å². The molecule has 0 aromatic carbocycles. The van der Waals surface area contributed by atoms with E-state index in [1.807, 2.05) is 6.92 Å². The Balaban J connectivity index is 1.91. The fourth-order valence-electron chi connectivity index (χ4n) is 0.796. The lowest BCUT2D eigenvalue weighted by atomic mass is 10.5. The van der Waals surface area contributed by atoms with Crippen molar-refractivity contribution in [2.24, 2.45) is 0 Å². The van der Waals surface area contributed by atoms with E-state index in [1.54, 1.807) is 0 Å². The SMILES string of the molecule is CCNCC1OC(C)O1. The monoisotopic (exact) mass is 131 g/mol. The quantitative estimate of drug-likeness (QED) is 0.598. The Morgan fingerprint density at radius 2 is 2.11 bits per heavy atom. The fourth-order valence-corrected chi connectivity index (χ4v) is 0.796. The molecule has 0 radical (unpaired) electrons. The van der Waals surface area contributed by atoms with Crippen LogP contribution in [0.25, 0.3) is 0 Å². The van der Waals surface area contributed by atoms with Gasteiger partial charge in [-0.05, 0) is 13.5 Å². The molecule has 3 heteroatoms. The second kappa shape index (κ2) is 3.15. The summed E-state index contributed by atoms with van der Waals surface area (Å²) in [6.45, 7) is 5.73. The molecule has 0 aliphatic carbocycles. The van der Waals surface area contributed by atoms with Crippen LogP contribution in [0.2, 0.25) is 0 Å². The smallest absolute Gasteiger partial charge is 0.176 e. The van der Waals surface area contributed by atoms with E-state index >= 15 is 0 Å². The van der Waals surface area contributed by atoms with E-state index in [9.17, 15) is 0 Å². The average molecular weight is 131 g/mol. The third-order valence-electron chi connectivity index (χ3n) is 1.25. The van der Waals surface area contributed by atoms with Crippen molar-refractivity contribution in [1.29, 1.82) is 0 Å². The number of ether oxygens (including phenoxy) is 2. The Hall–Kier alpha value is -0.120. The van der Waals surface area contributed by atoms with Gasteiger partial charge >= 0.3 is 0 Å². The molecule has 3 nitrogen and oxygen atoms in total. The van der Waals surface area contributed by atoms with Crippen molar-refractivity contribution in [3.8, 4) is 0 Å². The van der Waals surface area contributed by atoms with Gasteiger partial charge < -0.3 is 14.8 Å². The molecule has 1 rings (SSSR count). The molecule has 1 aliphatic rings. The summed E-state index contributed by atoms with van der Waals surface area (Å²) in [5, 5.41) is 3.12. The highest BCUT2D eigenvalue weighted by atomic mass is 16.9. The van der Waals surface area contributed by atoms with Crippen molar-refractivity contribution in [3.05, 3.63) is 0 Å². The summed E-state index contributed by atoms with van der Waals surface area (Å²) < 4.78 is 10.3. The molecule has 1 heterocycles. The van der Waals surface area contributed by atoms with Gasteiger partial charge in [-0.1, -0.05) is 6.92 Å². The zero-order valence-corrected chi connectivity index (χ0v) is 5.89. The molecule has 1 aliphatic heterocycles. The van der Waals surface area contributed by atoms with Gasteiger partial charge in [0.05, 0.1) is 0 Å². The van der Waals surface area contributed by atoms with Crippen LogP contribution in [0, 0.1) is 0 Å². The Morgan fingerprint density at radius 1 is 1.44 bits per heavy atom. The maximum absolute atomic E-state index is 5.16. The maximum atomic E-state index is 5.16. The summed E-state index contributed by atoms with van der Waals surface area (Å²) in [6.07, 6.45) is 0.00797. The predicted molar refractivity (Wildman–Crippen MR) is 34.0 cm³/mol. The van der Waals surface area contributed by atoms with E-state index < -0.39 is 0 Å². The van der Waals surface area contributed by atoms with Crippen LogP contribution in [-0.2, 0) is 9.47 Å². The number of likely N-dealkylation sites (N-methyl/N-ethyl adjacent to an activating group) is 1. The van der Waals surface area contributed by atoms with Crippen LogP contribution in [0.15, 0.2) is 0 Å². The second-order valence-electron chi connectivity index (χ2n) is 2.08. The molecule has 1 N–H and O–H groups in total. The lowest BCUT2D eigenvalue weighted by Gasteiger charge is -2.33. The molecule has 0 saturated carbocycles. The molecule has 0 spiro atoms. The first-order valence-corrected chi connectivity index (χ1v) is 3.34. The van der Waals surface area contributed by atoms with Gasteiger partial charge in [0.2, 0.25) is 0 Å². The summed E-state index contributed by atoms with van der Waals surface area (Å²) in [6, 6.07) is 0. The van der Waals surface area contributed by atoms with Gasteiger partial charge in [-0.15, -0.1) is 0 Å². The average Bonchev–Trinajstić information content (AvgIpc) is 1.78. The summed E-state index contributed by atoms with van der Waals surface area (Å²) in [4.78, 5) is 0. The van der Waals surface area contributed by atoms with Gasteiger partial charge in [0.25, 0.3) is 0 Å². The minimum Gasteiger partial charge on any atom is -0.323 e. The summed E-state index contributed by atoms with van der Waals surface area (Å²) in [7, 11) is 0. The zero-order valence-electron chi connectivity index (χ0n) is 5.89. The Bertz CT molecular complexity index is 81.1. The molecule has 0 aromatic heterocycles. The topological polar surface area (TPSA) is 30.5 Å². The van der Waals surface area contributed by atoms with E-state index in [0.717, 1.165) is 13.1 Å². The van der Waals surface area contributed by atoms with Crippen LogP contribution in [0.5, 0.6) is 0 Å². The molecule has 0 amide bonds. The second-order valence-corrected chi connectivity index (χ2v) is 2.08. The third-order valence-corrected chi connectivity index (χ3v) is 1.25. The van der Waals surface area contributed by atoms with Crippen LogP contribution in [0.1, 0.15) is 13.8 Å². The zero-order chi connectivity index (χ0) is 6.69. The van der Waals surface area contributed by atoms with Gasteiger partial charge in [0.1, 0.15) is 0 Å². The highest BCUT2D eigenvalue weighted by molar-refractivity contribution is 4.57. The van der Waals surface area contributed by atoms with E-state index in [1.165, 1.54) is 0 Å². The third kappa shape index (κ3) is 1.93. The van der Waals surface area contributed by atoms with Gasteiger partial charge in [-0.25, -0.2) is 0 Å². The molecule has 9 heavy (non-hydrogen) atoms. The highest BCUT2D eigenvalue weighted by Gasteiger charge is 2.25. The number of rotatable bonds is 3. The molecule has 0 atom stereocenters. The Kier molecular flexibility index (Phi) is 2.45. The van der Waals surface area contributed by atoms with E-state index in [2.05, 4.69) is 12.2 Å². The van der Waals surface area contributed by atoms with Crippen molar-refractivity contribution < 1.29 is 9.47 Å². The van der Waals surface area contributed by atoms with Gasteiger partial charge in [-0.3, -0.25) is 0 Å². The van der Waals surface area contributed by atoms with Crippen molar-refractivity contribution in [1.82, 2.24) is 5.32 Å². The molecule has 1 saturated heterocycles. The normalized spacial score (nSPS) is 34.0. The van der Waals surface area contributed by atoms with E-state index in [4.69, 9.17) is 9.47 Å². The Morgan fingerprint density at radius 3 is 2.56 bits per heavy atom. The van der Waals surface area contributed by atoms with Gasteiger partial charge in [0.15, 0.2) is 12.6 Å². The number of hydrogen-bond donors (Lipinski definition) is 1. The predicted octanol–water partition coefficient (Wildman–Crippen LogP) is 0.315. The van der Waals surface area contributed by atoms with Gasteiger partial charge in [0, 0.05) is 6.54 Å². The maximum Gasteiger partial charge on any atom is 0.176 e. The standard InChI is InChI=1S/C6H13NO2/c1-3-7-4-6-8-5(2)9-6/h5-7H,3-4H2,1-2H3. The molecule has 54 valence electrons. The molecule has 0 unspecified atom stereocenters. The fraction of sp³-hybridized carbons (Fsp3) is 1.00. The summed E-state index contributed by atoms with van der Waals surface area (Å²) in [5.74, 6) is 0. The summed E-state index contributed by atoms with van der Waals surface area (Å²) in [5.41, 5.74) is 0. The minimum atomic E-state index is -0.0000463. The van der Waals surface area contributed by atoms with Crippen LogP contribution < -0.4 is 5.32 Å². The first-order valence-electron chi connectivity index (χ1n) is 3.34. The molecule has 0 bridgehead atoms. The molecule has 1 fully saturated rings. The van der Waals surface area contributed by atoms with E-state index in [0.29, 0.717) is 0 Å². The highest BCUT2D eigenvalue weighted by Crippen LogP contribution is 2.13. The van der Waals surface area contributed by atoms with Crippen molar-refractivity contribution in [3.63, 3.8) is 0 Å². The van der Waals surface area contributed by atoms with Crippen molar-refractivity contribution in [2.75, 3.05) is 13.1 Å². The molecular weight excluding hydrogens is 118 g/mol. The van der Waals surface area contributed by atoms with Crippen LogP contribution in [-0.4, -0.2) is 25.7 Å². The number of hydrogen-bond acceptors (Lipinski definition) is 3. The molecule has 0 aromatic rings. The van der Waals surface area contributed by atoms with Crippen molar-refractivity contribution in [2.45, 2.75) is 26.4 Å². The summed E-state index contributed by atoms with van der Waals surface area (Å²) >= 11 is 0. The Labute approximate surface area is 55.3 Å². The number of nitrogens with one attached hydrogen (secondary N) is 1. The van der Waals surface area contributed by atoms with Crippen LogP contribution in [0.3, 0.4) is 0 Å². The van der Waals surface area contributed by atoms with Gasteiger partial charge in [-0.2, -0.15) is 0 Å². The first kappa shape index (κ1) is 6.99.